The van der Waals surface area contributed by atoms with Crippen molar-refractivity contribution in [3.63, 3.8) is 0 Å². The number of hydrogen-bond donors (Lipinski definition) is 2. The highest BCUT2D eigenvalue weighted by Crippen LogP contribution is 2.31. The third kappa shape index (κ3) is 2.27. The molecule has 0 radical (unpaired) electrons. The van der Waals surface area contributed by atoms with Gasteiger partial charge in [-0.2, -0.15) is 0 Å². The van der Waals surface area contributed by atoms with Crippen LogP contribution in [0.4, 0.5) is 0 Å². The van der Waals surface area contributed by atoms with Crippen molar-refractivity contribution in [2.45, 2.75) is 25.4 Å². The number of nitrogens with one attached hydrogen (secondary N) is 1. The van der Waals surface area contributed by atoms with Crippen LogP contribution in [0.1, 0.15) is 25.6 Å². The lowest BCUT2D eigenvalue weighted by molar-refractivity contribution is 0.133. The maximum atomic E-state index is 5.66. The molecule has 1 heterocycles. The van der Waals surface area contributed by atoms with E-state index in [9.17, 15) is 0 Å². The van der Waals surface area contributed by atoms with Crippen molar-refractivity contribution in [2.75, 3.05) is 14.1 Å². The fourth-order valence-electron chi connectivity index (χ4n) is 1.52. The molecule has 1 aromatic rings. The van der Waals surface area contributed by atoms with Gasteiger partial charge < -0.3 is 4.90 Å². The number of halogens is 1. The van der Waals surface area contributed by atoms with Crippen LogP contribution in [0, 0.1) is 0 Å². The third-order valence-corrected chi connectivity index (χ3v) is 3.69. The highest BCUT2D eigenvalue weighted by atomic mass is 79.9. The summed E-state index contributed by atoms with van der Waals surface area (Å²) in [6.07, 6.45) is 0. The molecule has 3 N–H and O–H groups in total. The van der Waals surface area contributed by atoms with E-state index in [0.29, 0.717) is 4.60 Å². The van der Waals surface area contributed by atoms with Gasteiger partial charge in [-0.05, 0) is 43.9 Å². The molecular formula is C9H19BrN6. The maximum absolute atomic E-state index is 5.66. The van der Waals surface area contributed by atoms with Crippen LogP contribution < -0.4 is 11.3 Å². The Morgan fingerprint density at radius 2 is 2.06 bits per heavy atom. The smallest absolute Gasteiger partial charge is 0.153 e. The van der Waals surface area contributed by atoms with E-state index in [0.717, 1.165) is 5.69 Å². The Morgan fingerprint density at radius 1 is 1.50 bits per heavy atom. The van der Waals surface area contributed by atoms with Gasteiger partial charge in [0.1, 0.15) is 0 Å². The Balaban J connectivity index is 3.18. The van der Waals surface area contributed by atoms with Gasteiger partial charge in [0.2, 0.25) is 0 Å². The normalized spacial score (nSPS) is 14.5. The van der Waals surface area contributed by atoms with Crippen molar-refractivity contribution in [1.82, 2.24) is 25.3 Å². The Hall–Kier alpha value is -0.500. The molecule has 16 heavy (non-hydrogen) atoms. The molecule has 0 bridgehead atoms. The van der Waals surface area contributed by atoms with E-state index in [-0.39, 0.29) is 11.6 Å². The largest absolute Gasteiger partial charge is 0.302 e. The predicted molar refractivity (Wildman–Crippen MR) is 66.5 cm³/mol. The highest BCUT2D eigenvalue weighted by Gasteiger charge is 2.35. The van der Waals surface area contributed by atoms with E-state index in [1.54, 1.807) is 4.68 Å². The molecule has 0 aliphatic heterocycles. The van der Waals surface area contributed by atoms with Crippen molar-refractivity contribution >= 4 is 15.9 Å². The van der Waals surface area contributed by atoms with Crippen LogP contribution in [-0.4, -0.2) is 39.5 Å². The summed E-state index contributed by atoms with van der Waals surface area (Å²) in [6, 6.07) is -0.0723. The van der Waals surface area contributed by atoms with Crippen molar-refractivity contribution < 1.29 is 0 Å². The van der Waals surface area contributed by atoms with Crippen LogP contribution in [0.5, 0.6) is 0 Å². The van der Waals surface area contributed by atoms with Crippen LogP contribution in [0.2, 0.25) is 0 Å². The number of aryl methyl sites for hydroxylation is 1. The van der Waals surface area contributed by atoms with Crippen LogP contribution in [0.25, 0.3) is 0 Å². The van der Waals surface area contributed by atoms with Crippen LogP contribution >= 0.6 is 15.9 Å². The lowest BCUT2D eigenvalue weighted by Crippen LogP contribution is -2.52. The van der Waals surface area contributed by atoms with Gasteiger partial charge in [-0.1, -0.05) is 5.21 Å². The fraction of sp³-hybridized carbons (Fsp3) is 0.778. The number of hydrazine groups is 1. The summed E-state index contributed by atoms with van der Waals surface area (Å²) in [5.41, 5.74) is 3.61. The molecule has 92 valence electrons. The van der Waals surface area contributed by atoms with Gasteiger partial charge >= 0.3 is 0 Å². The molecule has 0 saturated carbocycles. The molecule has 1 unspecified atom stereocenters. The van der Waals surface area contributed by atoms with E-state index in [2.05, 4.69) is 50.4 Å². The zero-order valence-corrected chi connectivity index (χ0v) is 11.9. The Labute approximate surface area is 104 Å². The summed E-state index contributed by atoms with van der Waals surface area (Å²) < 4.78 is 2.44. The van der Waals surface area contributed by atoms with Crippen molar-refractivity contribution in [2.24, 2.45) is 12.9 Å². The third-order valence-electron chi connectivity index (χ3n) is 3.13. The number of hydrogen-bond acceptors (Lipinski definition) is 5. The van der Waals surface area contributed by atoms with Crippen molar-refractivity contribution in [3.05, 3.63) is 10.3 Å². The average molecular weight is 291 g/mol. The molecule has 0 aliphatic carbocycles. The van der Waals surface area contributed by atoms with Crippen molar-refractivity contribution in [1.29, 1.82) is 0 Å². The second-order valence-electron chi connectivity index (χ2n) is 4.54. The minimum Gasteiger partial charge on any atom is -0.302 e. The molecule has 1 rings (SSSR count). The van der Waals surface area contributed by atoms with Gasteiger partial charge in [0, 0.05) is 12.6 Å². The fourth-order valence-corrected chi connectivity index (χ4v) is 2.08. The number of aromatic nitrogens is 3. The molecule has 7 heteroatoms. The number of nitrogens with two attached hydrogens (primary N) is 1. The SMILES string of the molecule is CN(C)C(C)(C)C(NN)c1c(Br)nnn1C. The quantitative estimate of drug-likeness (QED) is 0.621. The monoisotopic (exact) mass is 290 g/mol. The molecular weight excluding hydrogens is 272 g/mol. The minimum atomic E-state index is -0.160. The first kappa shape index (κ1) is 13.6. The first-order chi connectivity index (χ1) is 7.32. The molecule has 6 nitrogen and oxygen atoms in total. The van der Waals surface area contributed by atoms with E-state index >= 15 is 0 Å². The zero-order chi connectivity index (χ0) is 12.5. The molecule has 0 aromatic carbocycles. The van der Waals surface area contributed by atoms with Gasteiger partial charge in [-0.25, -0.2) is 10.1 Å². The minimum absolute atomic E-state index is 0.0723. The first-order valence-corrected chi connectivity index (χ1v) is 5.80. The van der Waals surface area contributed by atoms with E-state index in [1.807, 2.05) is 21.1 Å². The second-order valence-corrected chi connectivity index (χ2v) is 5.29. The molecule has 0 fully saturated rings. The molecule has 1 aromatic heterocycles. The summed E-state index contributed by atoms with van der Waals surface area (Å²) in [6.45, 7) is 4.22. The lowest BCUT2D eigenvalue weighted by Gasteiger charge is -2.39. The van der Waals surface area contributed by atoms with E-state index in [1.165, 1.54) is 0 Å². The molecule has 0 spiro atoms. The van der Waals surface area contributed by atoms with E-state index < -0.39 is 0 Å². The molecule has 1 atom stereocenters. The number of rotatable bonds is 4. The predicted octanol–water partition coefficient (Wildman–Crippen LogP) is 0.422. The Morgan fingerprint density at radius 3 is 2.38 bits per heavy atom. The lowest BCUT2D eigenvalue weighted by atomic mass is 9.91. The summed E-state index contributed by atoms with van der Waals surface area (Å²) in [7, 11) is 5.88. The summed E-state index contributed by atoms with van der Waals surface area (Å²) >= 11 is 3.39. The average Bonchev–Trinajstić information content (AvgIpc) is 2.50. The molecule has 0 amide bonds. The number of nitrogens with zero attached hydrogens (tertiary/aromatic N) is 4. The topological polar surface area (TPSA) is 72.0 Å². The van der Waals surface area contributed by atoms with Crippen LogP contribution in [0.3, 0.4) is 0 Å². The Kier molecular flexibility index (Phi) is 4.06. The van der Waals surface area contributed by atoms with Gasteiger partial charge in [0.05, 0.1) is 11.7 Å². The maximum Gasteiger partial charge on any atom is 0.153 e. The van der Waals surface area contributed by atoms with Gasteiger partial charge in [0.15, 0.2) is 4.60 Å². The van der Waals surface area contributed by atoms with Gasteiger partial charge in [-0.3, -0.25) is 5.84 Å². The van der Waals surface area contributed by atoms with Gasteiger partial charge in [-0.15, -0.1) is 5.10 Å². The zero-order valence-electron chi connectivity index (χ0n) is 10.3. The summed E-state index contributed by atoms with van der Waals surface area (Å²) in [5.74, 6) is 5.66. The standard InChI is InChI=1S/C9H19BrN6/c1-9(2,15(3)4)7(12-11)6-8(10)13-14-16(6)5/h7,12H,11H2,1-5H3. The second kappa shape index (κ2) is 4.79. The number of likely N-dealkylation sites (N-methyl/N-ethyl adjacent to an activating group) is 1. The van der Waals surface area contributed by atoms with Crippen molar-refractivity contribution in [3.8, 4) is 0 Å². The molecule has 0 aliphatic rings. The molecule has 0 saturated heterocycles. The van der Waals surface area contributed by atoms with Crippen LogP contribution in [0.15, 0.2) is 4.60 Å². The van der Waals surface area contributed by atoms with Gasteiger partial charge in [0.25, 0.3) is 0 Å². The summed E-state index contributed by atoms with van der Waals surface area (Å²) in [4.78, 5) is 2.11. The van der Waals surface area contributed by atoms with Crippen LogP contribution in [-0.2, 0) is 7.05 Å². The van der Waals surface area contributed by atoms with E-state index in [4.69, 9.17) is 5.84 Å². The first-order valence-electron chi connectivity index (χ1n) is 5.01. The highest BCUT2D eigenvalue weighted by molar-refractivity contribution is 9.10. The Bertz CT molecular complexity index is 339. The summed E-state index contributed by atoms with van der Waals surface area (Å²) in [5, 5.41) is 7.94.